The second-order valence-corrected chi connectivity index (χ2v) is 6.53. The lowest BCUT2D eigenvalue weighted by Gasteiger charge is -2.32. The van der Waals surface area contributed by atoms with Gasteiger partial charge < -0.3 is 4.42 Å². The molecule has 2 atom stereocenters. The molecule has 4 heterocycles. The van der Waals surface area contributed by atoms with Gasteiger partial charge in [-0.1, -0.05) is 0 Å². The van der Waals surface area contributed by atoms with E-state index < -0.39 is 0 Å². The summed E-state index contributed by atoms with van der Waals surface area (Å²) in [5, 5.41) is 4.28. The number of likely N-dealkylation sites (tertiary alicyclic amines) is 2. The molecule has 21 heavy (non-hydrogen) atoms. The van der Waals surface area contributed by atoms with Crippen molar-refractivity contribution >= 4 is 0 Å². The number of aromatic nitrogens is 2. The van der Waals surface area contributed by atoms with Crippen LogP contribution in [0.1, 0.15) is 17.5 Å². The van der Waals surface area contributed by atoms with Crippen LogP contribution in [-0.2, 0) is 20.1 Å². The van der Waals surface area contributed by atoms with Crippen LogP contribution >= 0.6 is 0 Å². The van der Waals surface area contributed by atoms with E-state index in [1.807, 2.05) is 24.2 Å². The molecule has 0 N–H and O–H groups in total. The smallest absolute Gasteiger partial charge is 0.0947 e. The van der Waals surface area contributed by atoms with Gasteiger partial charge in [-0.25, -0.2) is 0 Å². The summed E-state index contributed by atoms with van der Waals surface area (Å²) in [5.41, 5.74) is 2.61. The van der Waals surface area contributed by atoms with Crippen molar-refractivity contribution in [1.29, 1.82) is 0 Å². The van der Waals surface area contributed by atoms with Crippen LogP contribution in [0.15, 0.2) is 35.4 Å². The van der Waals surface area contributed by atoms with Gasteiger partial charge in [0, 0.05) is 63.1 Å². The molecule has 0 radical (unpaired) electrons. The molecule has 2 aromatic heterocycles. The van der Waals surface area contributed by atoms with E-state index in [0.717, 1.165) is 19.0 Å². The van der Waals surface area contributed by atoms with E-state index in [0.29, 0.717) is 6.04 Å². The average Bonchev–Trinajstić information content (AvgIpc) is 3.14. The lowest BCUT2D eigenvalue weighted by molar-refractivity contribution is 0.153. The molecule has 4 rings (SSSR count). The summed E-state index contributed by atoms with van der Waals surface area (Å²) in [6.07, 6.45) is 9.10. The third kappa shape index (κ3) is 2.76. The Balaban J connectivity index is 1.40. The highest BCUT2D eigenvalue weighted by Gasteiger charge is 2.38. The topological polar surface area (TPSA) is 37.4 Å². The fraction of sp³-hybridized carbons (Fsp3) is 0.562. The zero-order valence-corrected chi connectivity index (χ0v) is 12.5. The molecule has 112 valence electrons. The molecular weight excluding hydrogens is 264 g/mol. The van der Waals surface area contributed by atoms with Crippen molar-refractivity contribution in [1.82, 2.24) is 19.6 Å². The van der Waals surface area contributed by atoms with Crippen molar-refractivity contribution in [2.24, 2.45) is 13.0 Å². The van der Waals surface area contributed by atoms with Crippen LogP contribution in [0, 0.1) is 5.92 Å². The quantitative estimate of drug-likeness (QED) is 0.857. The molecule has 2 fully saturated rings. The van der Waals surface area contributed by atoms with E-state index in [1.54, 1.807) is 6.26 Å². The number of furan rings is 1. The van der Waals surface area contributed by atoms with Gasteiger partial charge in [-0.3, -0.25) is 14.5 Å². The van der Waals surface area contributed by atoms with Gasteiger partial charge in [0.25, 0.3) is 0 Å². The Morgan fingerprint density at radius 3 is 2.95 bits per heavy atom. The molecule has 5 heteroatoms. The SMILES string of the molecule is Cn1cc(CN2C[C@H]3C[C@H]2CN(Cc2ccoc2)C3)cn1. The van der Waals surface area contributed by atoms with Crippen LogP contribution < -0.4 is 0 Å². The van der Waals surface area contributed by atoms with E-state index in [2.05, 4.69) is 27.2 Å². The van der Waals surface area contributed by atoms with Gasteiger partial charge in [-0.05, 0) is 18.4 Å². The molecule has 2 aliphatic rings. The summed E-state index contributed by atoms with van der Waals surface area (Å²) in [5.74, 6) is 0.812. The fourth-order valence-corrected chi connectivity index (χ4v) is 3.90. The molecular formula is C16H22N4O. The Morgan fingerprint density at radius 2 is 2.19 bits per heavy atom. The Morgan fingerprint density at radius 1 is 1.24 bits per heavy atom. The fourth-order valence-electron chi connectivity index (χ4n) is 3.90. The lowest BCUT2D eigenvalue weighted by Crippen LogP contribution is -2.41. The van der Waals surface area contributed by atoms with Gasteiger partial charge in [0.2, 0.25) is 0 Å². The molecule has 0 saturated carbocycles. The number of hydrogen-bond acceptors (Lipinski definition) is 4. The van der Waals surface area contributed by atoms with Crippen LogP contribution in [0.2, 0.25) is 0 Å². The van der Waals surface area contributed by atoms with Crippen molar-refractivity contribution in [2.45, 2.75) is 25.6 Å². The summed E-state index contributed by atoms with van der Waals surface area (Å²) in [6, 6.07) is 2.76. The van der Waals surface area contributed by atoms with E-state index in [1.165, 1.54) is 37.2 Å². The predicted molar refractivity (Wildman–Crippen MR) is 79.5 cm³/mol. The first-order chi connectivity index (χ1) is 10.3. The molecule has 0 aliphatic carbocycles. The Labute approximate surface area is 125 Å². The first kappa shape index (κ1) is 13.1. The molecule has 2 aromatic rings. The maximum atomic E-state index is 5.18. The van der Waals surface area contributed by atoms with Gasteiger partial charge in [-0.15, -0.1) is 0 Å². The minimum atomic E-state index is 0.691. The number of piperidine rings is 1. The zero-order valence-electron chi connectivity index (χ0n) is 12.5. The standard InChI is InChI=1S/C16H22N4O/c1-18-6-15(5-17-18)10-20-9-14-4-16(20)11-19(8-14)7-13-2-3-21-12-13/h2-3,5-6,12,14,16H,4,7-11H2,1H3/t14-,16-/m0/s1. The molecule has 0 spiro atoms. The van der Waals surface area contributed by atoms with Crippen LogP contribution in [0.5, 0.6) is 0 Å². The summed E-state index contributed by atoms with van der Waals surface area (Å²) in [7, 11) is 1.98. The second-order valence-electron chi connectivity index (χ2n) is 6.53. The van der Waals surface area contributed by atoms with Crippen molar-refractivity contribution in [3.05, 3.63) is 42.1 Å². The van der Waals surface area contributed by atoms with Gasteiger partial charge in [0.1, 0.15) is 0 Å². The van der Waals surface area contributed by atoms with Gasteiger partial charge in [0.15, 0.2) is 0 Å². The number of aryl methyl sites for hydroxylation is 1. The Hall–Kier alpha value is -1.59. The maximum Gasteiger partial charge on any atom is 0.0947 e. The second kappa shape index (κ2) is 5.31. The summed E-state index contributed by atoms with van der Waals surface area (Å²) >= 11 is 0. The number of nitrogens with zero attached hydrogens (tertiary/aromatic N) is 4. The van der Waals surface area contributed by atoms with Crippen molar-refractivity contribution in [3.8, 4) is 0 Å². The highest BCUT2D eigenvalue weighted by Crippen LogP contribution is 2.31. The summed E-state index contributed by atoms with van der Waals surface area (Å²) < 4.78 is 7.07. The molecule has 2 aliphatic heterocycles. The van der Waals surface area contributed by atoms with E-state index in [-0.39, 0.29) is 0 Å². The highest BCUT2D eigenvalue weighted by atomic mass is 16.3. The minimum Gasteiger partial charge on any atom is -0.472 e. The van der Waals surface area contributed by atoms with E-state index in [9.17, 15) is 0 Å². The third-order valence-electron chi connectivity index (χ3n) is 4.73. The summed E-state index contributed by atoms with van der Waals surface area (Å²) in [4.78, 5) is 5.21. The first-order valence-electron chi connectivity index (χ1n) is 7.71. The molecule has 5 nitrogen and oxygen atoms in total. The average molecular weight is 286 g/mol. The van der Waals surface area contributed by atoms with Gasteiger partial charge in [0.05, 0.1) is 18.7 Å². The van der Waals surface area contributed by atoms with Gasteiger partial charge >= 0.3 is 0 Å². The number of rotatable bonds is 4. The van der Waals surface area contributed by atoms with Crippen LogP contribution in [-0.4, -0.2) is 45.3 Å². The maximum absolute atomic E-state index is 5.18. The minimum absolute atomic E-state index is 0.691. The molecule has 2 saturated heterocycles. The predicted octanol–water partition coefficient (Wildman–Crippen LogP) is 1.72. The van der Waals surface area contributed by atoms with Crippen LogP contribution in [0.3, 0.4) is 0 Å². The van der Waals surface area contributed by atoms with E-state index >= 15 is 0 Å². The lowest BCUT2D eigenvalue weighted by atomic mass is 9.99. The molecule has 0 unspecified atom stereocenters. The van der Waals surface area contributed by atoms with Crippen molar-refractivity contribution < 1.29 is 4.42 Å². The van der Waals surface area contributed by atoms with Crippen molar-refractivity contribution in [2.75, 3.05) is 19.6 Å². The third-order valence-corrected chi connectivity index (χ3v) is 4.73. The van der Waals surface area contributed by atoms with Crippen LogP contribution in [0.4, 0.5) is 0 Å². The normalized spacial score (nSPS) is 26.5. The van der Waals surface area contributed by atoms with Crippen LogP contribution in [0.25, 0.3) is 0 Å². The summed E-state index contributed by atoms with van der Waals surface area (Å²) in [6.45, 7) is 5.66. The number of hydrogen-bond donors (Lipinski definition) is 0. The van der Waals surface area contributed by atoms with E-state index in [4.69, 9.17) is 4.42 Å². The molecule has 0 amide bonds. The van der Waals surface area contributed by atoms with Crippen molar-refractivity contribution in [3.63, 3.8) is 0 Å². The zero-order chi connectivity index (χ0) is 14.2. The molecule has 2 bridgehead atoms. The van der Waals surface area contributed by atoms with Gasteiger partial charge in [-0.2, -0.15) is 5.10 Å². The Bertz CT molecular complexity index is 591. The largest absolute Gasteiger partial charge is 0.472 e. The Kier molecular flexibility index (Phi) is 3.31. The first-order valence-corrected chi connectivity index (χ1v) is 7.71. The highest BCUT2D eigenvalue weighted by molar-refractivity contribution is 5.08. The monoisotopic (exact) mass is 286 g/mol. The molecule has 0 aromatic carbocycles. The number of fused-ring (bicyclic) bond motifs is 2.